The number of carbonyl (C=O) groups excluding carboxylic acids is 2. The highest BCUT2D eigenvalue weighted by atomic mass is 16.6. The summed E-state index contributed by atoms with van der Waals surface area (Å²) in [5.74, 6) is -2.47. The summed E-state index contributed by atoms with van der Waals surface area (Å²) in [6, 6.07) is 4.33. The van der Waals surface area contributed by atoms with Crippen molar-refractivity contribution in [2.45, 2.75) is 52.2 Å². The maximum Gasteiger partial charge on any atom is 0.353 e. The normalized spacial score (nSPS) is 15.2. The topological polar surface area (TPSA) is 175 Å². The molecule has 6 N–H and O–H groups in total. The number of aromatic nitrogens is 3. The molecule has 34 heavy (non-hydrogen) atoms. The number of anilines is 2. The van der Waals surface area contributed by atoms with Crippen LogP contribution < -0.4 is 16.8 Å². The molecule has 11 heteroatoms. The molecule has 1 aliphatic carbocycles. The molecule has 0 aliphatic heterocycles. The van der Waals surface area contributed by atoms with Crippen molar-refractivity contribution in [3.8, 4) is 0 Å². The lowest BCUT2D eigenvalue weighted by molar-refractivity contribution is 0.00682. The lowest BCUT2D eigenvalue weighted by atomic mass is 9.97. The summed E-state index contributed by atoms with van der Waals surface area (Å²) in [6.07, 6.45) is 1.29. The summed E-state index contributed by atoms with van der Waals surface area (Å²) in [5, 5.41) is 12.5. The average Bonchev–Trinajstić information content (AvgIpc) is 3.27. The standard InChI is InChI=1S/C23H26N6O5/c1-10-11-7-8-14(13(11)6-5-12(10)21(33)34-23(2,3)4)27-19(30)15-9-16(20(31)32)29-18(26-15)17(24)28-22(29)25/h5-6,9,14H,7-8,24H2,1-4H3,(H2,25,28)(H,27,30)(H,31,32)/t14-/m0/s1. The number of hydrogen-bond donors (Lipinski definition) is 4. The van der Waals surface area contributed by atoms with E-state index >= 15 is 0 Å². The molecule has 0 saturated carbocycles. The Bertz CT molecular complexity index is 1350. The molecule has 4 rings (SSSR count). The first-order valence-corrected chi connectivity index (χ1v) is 10.7. The molecule has 0 unspecified atom stereocenters. The van der Waals surface area contributed by atoms with Gasteiger partial charge in [0.1, 0.15) is 17.0 Å². The van der Waals surface area contributed by atoms with Gasteiger partial charge in [-0.1, -0.05) is 6.07 Å². The van der Waals surface area contributed by atoms with E-state index < -0.39 is 23.4 Å². The number of nitrogens with two attached hydrogens (primary N) is 2. The van der Waals surface area contributed by atoms with Crippen molar-refractivity contribution in [2.24, 2.45) is 0 Å². The van der Waals surface area contributed by atoms with Gasteiger partial charge in [-0.25, -0.2) is 14.6 Å². The highest BCUT2D eigenvalue weighted by Gasteiger charge is 2.30. The number of nitrogens with one attached hydrogen (secondary N) is 1. The molecule has 11 nitrogen and oxygen atoms in total. The molecule has 0 radical (unpaired) electrons. The van der Waals surface area contributed by atoms with Gasteiger partial charge in [0.2, 0.25) is 5.95 Å². The van der Waals surface area contributed by atoms with Gasteiger partial charge < -0.3 is 26.6 Å². The summed E-state index contributed by atoms with van der Waals surface area (Å²) in [6.45, 7) is 7.30. The number of nitrogen functional groups attached to an aromatic ring is 2. The smallest absolute Gasteiger partial charge is 0.353 e. The Kier molecular flexibility index (Phi) is 5.42. The van der Waals surface area contributed by atoms with Crippen LogP contribution in [-0.2, 0) is 11.2 Å². The van der Waals surface area contributed by atoms with E-state index in [1.807, 2.05) is 33.8 Å². The molecular formula is C23H26N6O5. The molecule has 1 atom stereocenters. The van der Waals surface area contributed by atoms with Crippen molar-refractivity contribution >= 4 is 35.3 Å². The molecule has 2 aromatic heterocycles. The molecule has 3 aromatic rings. The number of imidazole rings is 1. The quantitative estimate of drug-likeness (QED) is 0.420. The van der Waals surface area contributed by atoms with Crippen molar-refractivity contribution in [1.29, 1.82) is 0 Å². The highest BCUT2D eigenvalue weighted by molar-refractivity contribution is 5.97. The number of carboxylic acids is 1. The van der Waals surface area contributed by atoms with E-state index in [0.717, 1.165) is 27.2 Å². The van der Waals surface area contributed by atoms with Gasteiger partial charge in [0, 0.05) is 6.07 Å². The average molecular weight is 466 g/mol. The largest absolute Gasteiger partial charge is 0.477 e. The third kappa shape index (κ3) is 4.00. The van der Waals surface area contributed by atoms with E-state index in [4.69, 9.17) is 16.2 Å². The maximum absolute atomic E-state index is 13.0. The zero-order valence-electron chi connectivity index (χ0n) is 19.3. The second kappa shape index (κ2) is 8.01. The second-order valence-electron chi connectivity index (χ2n) is 9.22. The number of fused-ring (bicyclic) bond motifs is 2. The van der Waals surface area contributed by atoms with Crippen molar-refractivity contribution in [3.05, 3.63) is 51.8 Å². The third-order valence-corrected chi connectivity index (χ3v) is 5.71. The third-order valence-electron chi connectivity index (χ3n) is 5.71. The van der Waals surface area contributed by atoms with Crippen LogP contribution in [0.2, 0.25) is 0 Å². The first-order chi connectivity index (χ1) is 15.9. The number of nitrogens with zero attached hydrogens (tertiary/aromatic N) is 3. The zero-order valence-corrected chi connectivity index (χ0v) is 19.3. The lowest BCUT2D eigenvalue weighted by Gasteiger charge is -2.21. The summed E-state index contributed by atoms with van der Waals surface area (Å²) in [7, 11) is 0. The Labute approximate surface area is 195 Å². The van der Waals surface area contributed by atoms with Gasteiger partial charge >= 0.3 is 11.9 Å². The molecule has 0 saturated heterocycles. The van der Waals surface area contributed by atoms with Crippen LogP contribution >= 0.6 is 0 Å². The summed E-state index contributed by atoms with van der Waals surface area (Å²) < 4.78 is 6.58. The van der Waals surface area contributed by atoms with Gasteiger partial charge in [0.05, 0.1) is 11.6 Å². The van der Waals surface area contributed by atoms with Crippen molar-refractivity contribution < 1.29 is 24.2 Å². The van der Waals surface area contributed by atoms with Crippen LogP contribution in [0, 0.1) is 6.92 Å². The Balaban J connectivity index is 1.63. The van der Waals surface area contributed by atoms with Gasteiger partial charge in [0.15, 0.2) is 11.5 Å². The first-order valence-electron chi connectivity index (χ1n) is 10.7. The summed E-state index contributed by atoms with van der Waals surface area (Å²) >= 11 is 0. The van der Waals surface area contributed by atoms with Gasteiger partial charge in [-0.15, -0.1) is 0 Å². The van der Waals surface area contributed by atoms with Crippen LogP contribution in [0.5, 0.6) is 0 Å². The monoisotopic (exact) mass is 466 g/mol. The van der Waals surface area contributed by atoms with Gasteiger partial charge in [-0.3, -0.25) is 9.20 Å². The SMILES string of the molecule is Cc1c(C(=O)OC(C)(C)C)ccc2c1CC[C@@H]2NC(=O)c1cc(C(=O)O)n2c(N)nc(N)c2n1. The van der Waals surface area contributed by atoms with Crippen molar-refractivity contribution in [1.82, 2.24) is 19.7 Å². The number of ether oxygens (including phenoxy) is 1. The summed E-state index contributed by atoms with van der Waals surface area (Å²) in [4.78, 5) is 45.4. The van der Waals surface area contributed by atoms with Gasteiger partial charge in [-0.05, 0) is 63.3 Å². The van der Waals surface area contributed by atoms with E-state index in [1.165, 1.54) is 0 Å². The number of carboxylic acid groups (broad SMARTS) is 1. The zero-order chi connectivity index (χ0) is 24.9. The number of benzene rings is 1. The highest BCUT2D eigenvalue weighted by Crippen LogP contribution is 2.35. The fraction of sp³-hybridized carbons (Fsp3) is 0.348. The van der Waals surface area contributed by atoms with Crippen LogP contribution in [0.1, 0.15) is 81.3 Å². The van der Waals surface area contributed by atoms with Crippen LogP contribution in [0.3, 0.4) is 0 Å². The van der Waals surface area contributed by atoms with E-state index in [2.05, 4.69) is 15.3 Å². The number of esters is 1. The van der Waals surface area contributed by atoms with Crippen LogP contribution in [0.25, 0.3) is 5.65 Å². The van der Waals surface area contributed by atoms with E-state index in [-0.39, 0.29) is 34.8 Å². The van der Waals surface area contributed by atoms with E-state index in [1.54, 1.807) is 6.07 Å². The minimum Gasteiger partial charge on any atom is -0.477 e. The predicted molar refractivity (Wildman–Crippen MR) is 124 cm³/mol. The fourth-order valence-electron chi connectivity index (χ4n) is 4.22. The first kappa shape index (κ1) is 23.0. The second-order valence-corrected chi connectivity index (χ2v) is 9.22. The van der Waals surface area contributed by atoms with Crippen molar-refractivity contribution in [2.75, 3.05) is 11.5 Å². The molecule has 0 bridgehead atoms. The Morgan fingerprint density at radius 3 is 2.56 bits per heavy atom. The van der Waals surface area contributed by atoms with Crippen LogP contribution in [0.15, 0.2) is 18.2 Å². The molecule has 1 aromatic carbocycles. The number of aromatic carboxylic acids is 1. The van der Waals surface area contributed by atoms with Crippen LogP contribution in [-0.4, -0.2) is 42.9 Å². The molecule has 178 valence electrons. The van der Waals surface area contributed by atoms with Crippen molar-refractivity contribution in [3.63, 3.8) is 0 Å². The molecule has 1 amide bonds. The van der Waals surface area contributed by atoms with Crippen LogP contribution in [0.4, 0.5) is 11.8 Å². The predicted octanol–water partition coefficient (Wildman–Crippen LogP) is 2.27. The molecule has 1 aliphatic rings. The molecular weight excluding hydrogens is 440 g/mol. The molecule has 0 spiro atoms. The van der Waals surface area contributed by atoms with E-state index in [9.17, 15) is 19.5 Å². The number of hydrogen-bond acceptors (Lipinski definition) is 8. The van der Waals surface area contributed by atoms with Gasteiger partial charge in [0.25, 0.3) is 5.91 Å². The minimum absolute atomic E-state index is 0.00720. The Morgan fingerprint density at radius 1 is 1.21 bits per heavy atom. The molecule has 0 fully saturated rings. The Hall–Kier alpha value is -4.15. The number of amides is 1. The maximum atomic E-state index is 13.0. The number of rotatable bonds is 4. The summed E-state index contributed by atoms with van der Waals surface area (Å²) in [5.41, 5.74) is 13.7. The fourth-order valence-corrected chi connectivity index (χ4v) is 4.22. The Morgan fingerprint density at radius 2 is 1.91 bits per heavy atom. The number of carbonyl (C=O) groups is 3. The van der Waals surface area contributed by atoms with E-state index in [0.29, 0.717) is 18.4 Å². The molecule has 2 heterocycles. The minimum atomic E-state index is -1.30. The van der Waals surface area contributed by atoms with Gasteiger partial charge in [-0.2, -0.15) is 4.98 Å². The lowest BCUT2D eigenvalue weighted by Crippen LogP contribution is -2.29.